The number of nitrogens with two attached hydrogens (primary N) is 1. The van der Waals surface area contributed by atoms with Crippen LogP contribution in [0.4, 0.5) is 11.4 Å². The van der Waals surface area contributed by atoms with Crippen molar-refractivity contribution in [1.82, 2.24) is 0 Å². The number of carbonyl (C=O) groups is 1. The van der Waals surface area contributed by atoms with Crippen LogP contribution in [0.1, 0.15) is 32.3 Å². The maximum Gasteiger partial charge on any atom is 0.224 e. The molecule has 1 aromatic carbocycles. The third-order valence-electron chi connectivity index (χ3n) is 2.52. The van der Waals surface area contributed by atoms with Gasteiger partial charge in [0.1, 0.15) is 0 Å². The molecule has 0 radical (unpaired) electrons. The maximum absolute atomic E-state index is 11.7. The molecular formula is C14H22N2OS. The Balaban J connectivity index is 2.35. The van der Waals surface area contributed by atoms with Crippen molar-refractivity contribution in [2.45, 2.75) is 38.9 Å². The second-order valence-corrected chi connectivity index (χ2v) is 6.33. The van der Waals surface area contributed by atoms with Crippen LogP contribution in [0, 0.1) is 6.92 Å². The molecule has 0 unspecified atom stereocenters. The lowest BCUT2D eigenvalue weighted by Crippen LogP contribution is -2.12. The molecule has 0 bridgehead atoms. The van der Waals surface area contributed by atoms with Crippen molar-refractivity contribution in [2.75, 3.05) is 16.8 Å². The van der Waals surface area contributed by atoms with E-state index in [1.165, 1.54) is 0 Å². The number of anilines is 2. The molecule has 0 atom stereocenters. The van der Waals surface area contributed by atoms with Crippen LogP contribution in [0.3, 0.4) is 0 Å². The summed E-state index contributed by atoms with van der Waals surface area (Å²) in [4.78, 5) is 11.7. The van der Waals surface area contributed by atoms with E-state index in [1.807, 2.05) is 30.8 Å². The molecule has 1 rings (SSSR count). The van der Waals surface area contributed by atoms with Crippen LogP contribution in [0.5, 0.6) is 0 Å². The molecule has 4 heteroatoms. The Morgan fingerprint density at radius 1 is 1.44 bits per heavy atom. The van der Waals surface area contributed by atoms with Crippen LogP contribution in [0.2, 0.25) is 0 Å². The van der Waals surface area contributed by atoms with Gasteiger partial charge in [0, 0.05) is 17.8 Å². The molecule has 0 saturated heterocycles. The monoisotopic (exact) mass is 266 g/mol. The van der Waals surface area contributed by atoms with E-state index in [1.54, 1.807) is 6.07 Å². The van der Waals surface area contributed by atoms with Gasteiger partial charge in [-0.1, -0.05) is 13.8 Å². The highest BCUT2D eigenvalue weighted by Crippen LogP contribution is 2.18. The number of hydrogen-bond acceptors (Lipinski definition) is 3. The average Bonchev–Trinajstić information content (AvgIpc) is 2.28. The molecule has 0 aliphatic carbocycles. The first-order chi connectivity index (χ1) is 8.49. The van der Waals surface area contributed by atoms with E-state index in [-0.39, 0.29) is 5.91 Å². The summed E-state index contributed by atoms with van der Waals surface area (Å²) in [5.74, 6) is 1.11. The van der Waals surface area contributed by atoms with Gasteiger partial charge < -0.3 is 11.1 Å². The topological polar surface area (TPSA) is 55.1 Å². The van der Waals surface area contributed by atoms with Gasteiger partial charge in [-0.05, 0) is 48.1 Å². The molecule has 3 nitrogen and oxygen atoms in total. The van der Waals surface area contributed by atoms with Crippen LogP contribution in [0.15, 0.2) is 18.2 Å². The van der Waals surface area contributed by atoms with Gasteiger partial charge in [-0.25, -0.2) is 0 Å². The summed E-state index contributed by atoms with van der Waals surface area (Å²) in [6.07, 6.45) is 1.49. The van der Waals surface area contributed by atoms with Crippen LogP contribution < -0.4 is 11.1 Å². The summed E-state index contributed by atoms with van der Waals surface area (Å²) < 4.78 is 0. The van der Waals surface area contributed by atoms with Crippen LogP contribution in [-0.2, 0) is 4.79 Å². The minimum Gasteiger partial charge on any atom is -0.399 e. The van der Waals surface area contributed by atoms with E-state index in [0.717, 1.165) is 29.1 Å². The second-order valence-electron chi connectivity index (χ2n) is 4.65. The van der Waals surface area contributed by atoms with Crippen molar-refractivity contribution < 1.29 is 4.79 Å². The summed E-state index contributed by atoms with van der Waals surface area (Å²) in [7, 11) is 0. The lowest BCUT2D eigenvalue weighted by atomic mass is 10.1. The summed E-state index contributed by atoms with van der Waals surface area (Å²) in [6, 6.07) is 5.52. The summed E-state index contributed by atoms with van der Waals surface area (Å²) in [6.45, 7) is 6.28. The zero-order valence-corrected chi connectivity index (χ0v) is 12.1. The number of thioether (sulfide) groups is 1. The lowest BCUT2D eigenvalue weighted by Gasteiger charge is -2.09. The molecular weight excluding hydrogens is 244 g/mol. The molecule has 100 valence electrons. The minimum absolute atomic E-state index is 0.0761. The molecule has 3 N–H and O–H groups in total. The number of benzene rings is 1. The first-order valence-electron chi connectivity index (χ1n) is 6.26. The lowest BCUT2D eigenvalue weighted by molar-refractivity contribution is -0.116. The van der Waals surface area contributed by atoms with E-state index in [0.29, 0.717) is 11.7 Å². The van der Waals surface area contributed by atoms with E-state index >= 15 is 0 Å². The fraction of sp³-hybridized carbons (Fsp3) is 0.500. The number of nitrogens with one attached hydrogen (secondary N) is 1. The van der Waals surface area contributed by atoms with Gasteiger partial charge in [0.05, 0.1) is 0 Å². The Bertz CT molecular complexity index is 405. The normalized spacial score (nSPS) is 10.7. The van der Waals surface area contributed by atoms with Crippen LogP contribution in [-0.4, -0.2) is 16.9 Å². The van der Waals surface area contributed by atoms with Crippen molar-refractivity contribution >= 4 is 29.0 Å². The van der Waals surface area contributed by atoms with Crippen molar-refractivity contribution in [3.63, 3.8) is 0 Å². The number of rotatable bonds is 6. The first-order valence-corrected chi connectivity index (χ1v) is 7.31. The molecule has 0 aliphatic heterocycles. The SMILES string of the molecule is Cc1cc(N)ccc1NC(=O)CCCSC(C)C. The summed E-state index contributed by atoms with van der Waals surface area (Å²) in [5, 5.41) is 3.55. The highest BCUT2D eigenvalue weighted by molar-refractivity contribution is 7.99. The van der Waals surface area contributed by atoms with Gasteiger partial charge in [0.2, 0.25) is 5.91 Å². The van der Waals surface area contributed by atoms with E-state index in [9.17, 15) is 4.79 Å². The molecule has 0 saturated carbocycles. The van der Waals surface area contributed by atoms with Crippen molar-refractivity contribution in [3.8, 4) is 0 Å². The van der Waals surface area contributed by atoms with E-state index in [4.69, 9.17) is 5.73 Å². The van der Waals surface area contributed by atoms with Crippen molar-refractivity contribution in [2.24, 2.45) is 0 Å². The standard InChI is InChI=1S/C14H22N2OS/c1-10(2)18-8-4-5-14(17)16-13-7-6-12(15)9-11(13)3/h6-7,9-10H,4-5,8,15H2,1-3H3,(H,16,17). The van der Waals surface area contributed by atoms with Gasteiger partial charge >= 0.3 is 0 Å². The van der Waals surface area contributed by atoms with Gasteiger partial charge in [-0.2, -0.15) is 11.8 Å². The van der Waals surface area contributed by atoms with Gasteiger partial charge in [-0.3, -0.25) is 4.79 Å². The van der Waals surface area contributed by atoms with Crippen molar-refractivity contribution in [1.29, 1.82) is 0 Å². The number of amides is 1. The fourth-order valence-corrected chi connectivity index (χ4v) is 2.37. The minimum atomic E-state index is 0.0761. The zero-order valence-electron chi connectivity index (χ0n) is 11.3. The second kappa shape index (κ2) is 7.31. The molecule has 0 spiro atoms. The quantitative estimate of drug-likeness (QED) is 0.612. The zero-order chi connectivity index (χ0) is 13.5. The summed E-state index contributed by atoms with van der Waals surface area (Å²) >= 11 is 1.89. The van der Waals surface area contributed by atoms with E-state index in [2.05, 4.69) is 19.2 Å². The molecule has 0 aromatic heterocycles. The Kier molecular flexibility index (Phi) is 6.05. The Hall–Kier alpha value is -1.16. The number of aryl methyl sites for hydroxylation is 1. The Morgan fingerprint density at radius 2 is 2.17 bits per heavy atom. The average molecular weight is 266 g/mol. The summed E-state index contributed by atoms with van der Waals surface area (Å²) in [5.41, 5.74) is 8.24. The third kappa shape index (κ3) is 5.45. The third-order valence-corrected chi connectivity index (χ3v) is 3.71. The number of carbonyl (C=O) groups excluding carboxylic acids is 1. The number of nitrogen functional groups attached to an aromatic ring is 1. The molecule has 0 fully saturated rings. The highest BCUT2D eigenvalue weighted by Gasteiger charge is 2.05. The van der Waals surface area contributed by atoms with E-state index < -0.39 is 0 Å². The maximum atomic E-state index is 11.7. The Labute approximate surface area is 114 Å². The predicted molar refractivity (Wildman–Crippen MR) is 81.0 cm³/mol. The van der Waals surface area contributed by atoms with Gasteiger partial charge in [0.25, 0.3) is 0 Å². The highest BCUT2D eigenvalue weighted by atomic mass is 32.2. The largest absolute Gasteiger partial charge is 0.399 e. The Morgan fingerprint density at radius 3 is 2.78 bits per heavy atom. The first kappa shape index (κ1) is 14.9. The van der Waals surface area contributed by atoms with Crippen LogP contribution in [0.25, 0.3) is 0 Å². The number of hydrogen-bond donors (Lipinski definition) is 2. The molecule has 1 amide bonds. The van der Waals surface area contributed by atoms with Crippen LogP contribution >= 0.6 is 11.8 Å². The predicted octanol–water partition coefficient (Wildman–Crippen LogP) is 3.44. The van der Waals surface area contributed by atoms with Crippen molar-refractivity contribution in [3.05, 3.63) is 23.8 Å². The fourth-order valence-electron chi connectivity index (χ4n) is 1.59. The van der Waals surface area contributed by atoms with Gasteiger partial charge in [-0.15, -0.1) is 0 Å². The molecule has 0 heterocycles. The molecule has 0 aliphatic rings. The molecule has 1 aromatic rings. The molecule has 18 heavy (non-hydrogen) atoms. The van der Waals surface area contributed by atoms with Gasteiger partial charge in [0.15, 0.2) is 0 Å². The smallest absolute Gasteiger partial charge is 0.224 e.